The summed E-state index contributed by atoms with van der Waals surface area (Å²) in [4.78, 5) is 23.2. The minimum atomic E-state index is 0.304. The van der Waals surface area contributed by atoms with E-state index < -0.39 is 0 Å². The number of ether oxygens (including phenoxy) is 2. The fraction of sp³-hybridized carbons (Fsp3) is 0.524. The lowest BCUT2D eigenvalue weighted by Crippen LogP contribution is -2.39. The zero-order chi connectivity index (χ0) is 37.0. The highest BCUT2D eigenvalue weighted by atomic mass is 16.5. The average Bonchev–Trinajstić information content (AvgIpc) is 3.15. The van der Waals surface area contributed by atoms with Crippen molar-refractivity contribution < 1.29 is 9.47 Å². The maximum Gasteiger partial charge on any atom is 0.213 e. The average molecular weight is 709 g/mol. The molecule has 0 spiro atoms. The molecule has 6 rings (SSSR count). The van der Waals surface area contributed by atoms with Gasteiger partial charge in [0.25, 0.3) is 0 Å². The van der Waals surface area contributed by atoms with Crippen molar-refractivity contribution >= 4 is 11.4 Å². The molecule has 52 heavy (non-hydrogen) atoms. The van der Waals surface area contributed by atoms with Crippen LogP contribution in [0.1, 0.15) is 85.8 Å². The van der Waals surface area contributed by atoms with Crippen LogP contribution in [0.3, 0.4) is 0 Å². The van der Waals surface area contributed by atoms with Gasteiger partial charge in [-0.2, -0.15) is 0 Å². The van der Waals surface area contributed by atoms with E-state index >= 15 is 0 Å². The standard InChI is InChI=1S/2C21H30N4O/c2*1-15-11-19(12-16(2)23-15)22-13-18-7-6-10-25(14-18)17(3)20-8-5-9-21(24-20)26-4/h2*5,8-9,11-12,17-18H,6-7,10,13-14H2,1-4H3,(H,22,23)/t17-,18+;17-,18-/m01/s1. The molecular weight excluding hydrogens is 649 g/mol. The molecule has 10 heteroatoms. The Morgan fingerprint density at radius 1 is 0.615 bits per heavy atom. The fourth-order valence-corrected chi connectivity index (χ4v) is 7.56. The number of hydrogen-bond acceptors (Lipinski definition) is 10. The van der Waals surface area contributed by atoms with Crippen molar-refractivity contribution in [3.05, 3.63) is 94.8 Å². The molecule has 0 bridgehead atoms. The Labute approximate surface area is 311 Å². The largest absolute Gasteiger partial charge is 0.481 e. The lowest BCUT2D eigenvalue weighted by molar-refractivity contribution is 0.133. The third-order valence-corrected chi connectivity index (χ3v) is 10.3. The fourth-order valence-electron chi connectivity index (χ4n) is 7.56. The van der Waals surface area contributed by atoms with Crippen molar-refractivity contribution in [2.24, 2.45) is 11.8 Å². The maximum absolute atomic E-state index is 5.28. The molecule has 0 unspecified atom stereocenters. The first-order valence-electron chi connectivity index (χ1n) is 19.0. The van der Waals surface area contributed by atoms with Crippen molar-refractivity contribution in [3.63, 3.8) is 0 Å². The molecule has 2 fully saturated rings. The number of nitrogens with zero attached hydrogens (tertiary/aromatic N) is 6. The van der Waals surface area contributed by atoms with Gasteiger partial charge in [-0.1, -0.05) is 12.1 Å². The van der Waals surface area contributed by atoms with Gasteiger partial charge in [-0.15, -0.1) is 0 Å². The van der Waals surface area contributed by atoms with Crippen LogP contribution in [0.25, 0.3) is 0 Å². The van der Waals surface area contributed by atoms with Crippen molar-refractivity contribution in [2.45, 2.75) is 79.3 Å². The number of anilines is 2. The monoisotopic (exact) mass is 708 g/mol. The molecule has 0 aromatic carbocycles. The van der Waals surface area contributed by atoms with Gasteiger partial charge in [-0.05, 0) is 129 Å². The van der Waals surface area contributed by atoms with E-state index in [2.05, 4.69) is 90.6 Å². The Hall–Kier alpha value is -4.28. The molecule has 0 amide bonds. The first kappa shape index (κ1) is 38.9. The van der Waals surface area contributed by atoms with E-state index in [-0.39, 0.29) is 0 Å². The lowest BCUT2D eigenvalue weighted by Gasteiger charge is -2.36. The van der Waals surface area contributed by atoms with Crippen LogP contribution in [0.15, 0.2) is 60.7 Å². The van der Waals surface area contributed by atoms with Crippen LogP contribution in [0.2, 0.25) is 0 Å². The van der Waals surface area contributed by atoms with E-state index in [1.807, 2.05) is 52.0 Å². The van der Waals surface area contributed by atoms with Crippen LogP contribution >= 0.6 is 0 Å². The summed E-state index contributed by atoms with van der Waals surface area (Å²) >= 11 is 0. The van der Waals surface area contributed by atoms with Gasteiger partial charge < -0.3 is 20.1 Å². The van der Waals surface area contributed by atoms with Crippen LogP contribution in [0.4, 0.5) is 11.4 Å². The van der Waals surface area contributed by atoms with Gasteiger partial charge in [-0.3, -0.25) is 19.8 Å². The second-order valence-electron chi connectivity index (χ2n) is 14.6. The summed E-state index contributed by atoms with van der Waals surface area (Å²) in [5.74, 6) is 2.66. The Morgan fingerprint density at radius 3 is 1.37 bits per heavy atom. The maximum atomic E-state index is 5.28. The number of nitrogens with one attached hydrogen (secondary N) is 2. The molecule has 6 heterocycles. The zero-order valence-electron chi connectivity index (χ0n) is 32.7. The Morgan fingerprint density at radius 2 is 1.00 bits per heavy atom. The van der Waals surface area contributed by atoms with Gasteiger partial charge in [0, 0.05) is 84.5 Å². The second-order valence-corrected chi connectivity index (χ2v) is 14.6. The third kappa shape index (κ3) is 11.4. The van der Waals surface area contributed by atoms with Crippen molar-refractivity contribution in [2.75, 3.05) is 64.1 Å². The smallest absolute Gasteiger partial charge is 0.213 e. The summed E-state index contributed by atoms with van der Waals surface area (Å²) in [6.45, 7) is 19.1. The van der Waals surface area contributed by atoms with Crippen molar-refractivity contribution in [3.8, 4) is 11.8 Å². The van der Waals surface area contributed by atoms with Crippen LogP contribution in [0, 0.1) is 39.5 Å². The first-order valence-corrected chi connectivity index (χ1v) is 19.0. The first-order chi connectivity index (χ1) is 25.1. The van der Waals surface area contributed by atoms with Crippen LogP contribution in [0.5, 0.6) is 11.8 Å². The predicted molar refractivity (Wildman–Crippen MR) is 211 cm³/mol. The Kier molecular flexibility index (Phi) is 14.2. The number of aromatic nitrogens is 4. The quantitative estimate of drug-likeness (QED) is 0.151. The summed E-state index contributed by atoms with van der Waals surface area (Å²) in [5.41, 5.74) is 8.78. The molecule has 0 saturated carbocycles. The van der Waals surface area contributed by atoms with E-state index in [0.29, 0.717) is 35.7 Å². The molecule has 4 atom stereocenters. The molecule has 2 aliphatic heterocycles. The molecule has 2 saturated heterocycles. The summed E-state index contributed by atoms with van der Waals surface area (Å²) in [5, 5.41) is 7.22. The number of hydrogen-bond donors (Lipinski definition) is 2. The van der Waals surface area contributed by atoms with Gasteiger partial charge in [0.2, 0.25) is 11.8 Å². The highest BCUT2D eigenvalue weighted by molar-refractivity contribution is 5.46. The van der Waals surface area contributed by atoms with E-state index in [4.69, 9.17) is 9.47 Å². The predicted octanol–water partition coefficient (Wildman–Crippen LogP) is 7.97. The van der Waals surface area contributed by atoms with E-state index in [1.165, 1.54) is 37.1 Å². The number of piperidine rings is 2. The summed E-state index contributed by atoms with van der Waals surface area (Å²) in [6.07, 6.45) is 5.00. The number of likely N-dealkylation sites (tertiary alicyclic amines) is 2. The SMILES string of the molecule is COc1cccc([C@@H](C)N2CCC[C@H](CNc3cc(C)nc(C)c3)C2)n1.COc1cccc([C@H](C)N2CCC[C@H](CNc3cc(C)nc(C)c3)C2)n1. The van der Waals surface area contributed by atoms with Crippen LogP contribution < -0.4 is 20.1 Å². The molecule has 0 aliphatic carbocycles. The van der Waals surface area contributed by atoms with Gasteiger partial charge in [0.15, 0.2) is 0 Å². The van der Waals surface area contributed by atoms with Crippen molar-refractivity contribution in [1.29, 1.82) is 0 Å². The molecule has 4 aromatic heterocycles. The van der Waals surface area contributed by atoms with Crippen LogP contribution in [-0.4, -0.2) is 83.2 Å². The molecule has 0 radical (unpaired) electrons. The van der Waals surface area contributed by atoms with Gasteiger partial charge in [0.05, 0.1) is 25.6 Å². The Bertz CT molecular complexity index is 1550. The van der Waals surface area contributed by atoms with E-state index in [0.717, 1.165) is 73.4 Å². The molecule has 280 valence electrons. The number of rotatable bonds is 12. The molecule has 2 N–H and O–H groups in total. The van der Waals surface area contributed by atoms with Gasteiger partial charge in [0.1, 0.15) is 0 Å². The summed E-state index contributed by atoms with van der Waals surface area (Å²) in [7, 11) is 3.34. The van der Waals surface area contributed by atoms with E-state index in [9.17, 15) is 0 Å². The zero-order valence-corrected chi connectivity index (χ0v) is 32.7. The van der Waals surface area contributed by atoms with Gasteiger partial charge >= 0.3 is 0 Å². The summed E-state index contributed by atoms with van der Waals surface area (Å²) < 4.78 is 10.6. The number of methoxy groups -OCH3 is 2. The second kappa shape index (κ2) is 19.0. The third-order valence-electron chi connectivity index (χ3n) is 10.3. The molecule has 2 aliphatic rings. The lowest BCUT2D eigenvalue weighted by atomic mass is 9.96. The van der Waals surface area contributed by atoms with Crippen molar-refractivity contribution in [1.82, 2.24) is 29.7 Å². The summed E-state index contributed by atoms with van der Waals surface area (Å²) in [6, 6.07) is 21.1. The number of aryl methyl sites for hydroxylation is 4. The highest BCUT2D eigenvalue weighted by Gasteiger charge is 2.26. The van der Waals surface area contributed by atoms with Crippen LogP contribution in [-0.2, 0) is 0 Å². The minimum absolute atomic E-state index is 0.304. The number of pyridine rings is 4. The molecule has 4 aromatic rings. The highest BCUT2D eigenvalue weighted by Crippen LogP contribution is 2.28. The molecule has 10 nitrogen and oxygen atoms in total. The normalized spacial score (nSPS) is 19.2. The minimum Gasteiger partial charge on any atom is -0.481 e. The van der Waals surface area contributed by atoms with E-state index in [1.54, 1.807) is 14.2 Å². The molecular formula is C42H60N8O2. The van der Waals surface area contributed by atoms with Gasteiger partial charge in [-0.25, -0.2) is 9.97 Å². The Balaban J connectivity index is 0.000000201. The topological polar surface area (TPSA) is 101 Å².